The standard InChI is InChI=1S/C24H20N2O6S/c1-25-21-18(12-19(33-21)23(29)32-14-16-6-4-3-5-7-16)20(27)26(24(25)30)13-15-8-10-17(11-9-15)22(28)31-2/h3-12H,13-14H2,1-2H3. The summed E-state index contributed by atoms with van der Waals surface area (Å²) in [5, 5.41) is 0.264. The molecule has 2 heterocycles. The molecule has 168 valence electrons. The molecule has 0 radical (unpaired) electrons. The van der Waals surface area contributed by atoms with Crippen LogP contribution in [0.25, 0.3) is 10.2 Å². The first kappa shape index (κ1) is 22.2. The van der Waals surface area contributed by atoms with Gasteiger partial charge in [0.1, 0.15) is 16.3 Å². The molecule has 0 aliphatic carbocycles. The Labute approximate surface area is 192 Å². The number of hydrogen-bond acceptors (Lipinski definition) is 7. The second kappa shape index (κ2) is 9.25. The van der Waals surface area contributed by atoms with Crippen LogP contribution in [0.1, 0.15) is 31.2 Å². The molecule has 0 N–H and O–H groups in total. The second-order valence-corrected chi connectivity index (χ2v) is 8.34. The van der Waals surface area contributed by atoms with E-state index in [4.69, 9.17) is 4.74 Å². The lowest BCUT2D eigenvalue weighted by molar-refractivity contribution is 0.0478. The van der Waals surface area contributed by atoms with Gasteiger partial charge in [-0.15, -0.1) is 11.3 Å². The smallest absolute Gasteiger partial charge is 0.348 e. The van der Waals surface area contributed by atoms with E-state index in [2.05, 4.69) is 4.74 Å². The highest BCUT2D eigenvalue weighted by Gasteiger charge is 2.19. The molecule has 0 saturated heterocycles. The van der Waals surface area contributed by atoms with Crippen molar-refractivity contribution in [3.8, 4) is 0 Å². The maximum atomic E-state index is 13.1. The molecule has 0 unspecified atom stereocenters. The fourth-order valence-electron chi connectivity index (χ4n) is 3.36. The lowest BCUT2D eigenvalue weighted by atomic mass is 10.1. The molecular weight excluding hydrogens is 444 g/mol. The van der Waals surface area contributed by atoms with Crippen LogP contribution in [0.5, 0.6) is 0 Å². The number of nitrogens with zero attached hydrogens (tertiary/aromatic N) is 2. The summed E-state index contributed by atoms with van der Waals surface area (Å²) in [5.74, 6) is -1.03. The van der Waals surface area contributed by atoms with Crippen LogP contribution in [0.3, 0.4) is 0 Å². The third-order valence-electron chi connectivity index (χ3n) is 5.14. The van der Waals surface area contributed by atoms with Gasteiger partial charge in [0.15, 0.2) is 0 Å². The number of carbonyl (C=O) groups is 2. The van der Waals surface area contributed by atoms with Crippen molar-refractivity contribution in [3.05, 3.63) is 103 Å². The summed E-state index contributed by atoms with van der Waals surface area (Å²) in [6, 6.07) is 17.2. The fourth-order valence-corrected chi connectivity index (χ4v) is 4.36. The fraction of sp³-hybridized carbons (Fsp3) is 0.167. The van der Waals surface area contributed by atoms with Gasteiger partial charge in [0.2, 0.25) is 0 Å². The van der Waals surface area contributed by atoms with Crippen molar-refractivity contribution in [2.75, 3.05) is 7.11 Å². The van der Waals surface area contributed by atoms with E-state index >= 15 is 0 Å². The predicted octanol–water partition coefficient (Wildman–Crippen LogP) is 2.95. The highest BCUT2D eigenvalue weighted by molar-refractivity contribution is 7.20. The summed E-state index contributed by atoms with van der Waals surface area (Å²) in [7, 11) is 2.85. The van der Waals surface area contributed by atoms with Gasteiger partial charge >= 0.3 is 17.6 Å². The molecule has 4 aromatic rings. The second-order valence-electron chi connectivity index (χ2n) is 7.31. The molecule has 9 heteroatoms. The first-order valence-electron chi connectivity index (χ1n) is 10.0. The number of aromatic nitrogens is 2. The molecule has 2 aromatic heterocycles. The van der Waals surface area contributed by atoms with E-state index in [0.717, 1.165) is 21.5 Å². The van der Waals surface area contributed by atoms with Crippen LogP contribution in [0.2, 0.25) is 0 Å². The summed E-state index contributed by atoms with van der Waals surface area (Å²) in [4.78, 5) is 50.7. The predicted molar refractivity (Wildman–Crippen MR) is 124 cm³/mol. The first-order valence-corrected chi connectivity index (χ1v) is 10.8. The number of ether oxygens (including phenoxy) is 2. The van der Waals surface area contributed by atoms with Crippen molar-refractivity contribution >= 4 is 33.5 Å². The van der Waals surface area contributed by atoms with Gasteiger partial charge in [0.25, 0.3) is 5.56 Å². The largest absolute Gasteiger partial charge is 0.465 e. The Morgan fingerprint density at radius 3 is 2.30 bits per heavy atom. The molecule has 0 atom stereocenters. The van der Waals surface area contributed by atoms with Gasteiger partial charge in [0.05, 0.1) is 24.6 Å². The van der Waals surface area contributed by atoms with Crippen LogP contribution >= 0.6 is 11.3 Å². The molecule has 33 heavy (non-hydrogen) atoms. The summed E-state index contributed by atoms with van der Waals surface area (Å²) < 4.78 is 12.5. The van der Waals surface area contributed by atoms with Gasteiger partial charge in [-0.05, 0) is 29.3 Å². The van der Waals surface area contributed by atoms with Gasteiger partial charge in [-0.1, -0.05) is 42.5 Å². The maximum absolute atomic E-state index is 13.1. The zero-order chi connectivity index (χ0) is 23.5. The third kappa shape index (κ3) is 4.49. The average Bonchev–Trinajstić information content (AvgIpc) is 3.30. The number of hydrogen-bond donors (Lipinski definition) is 0. The Morgan fingerprint density at radius 2 is 1.64 bits per heavy atom. The Kier molecular flexibility index (Phi) is 6.23. The summed E-state index contributed by atoms with van der Waals surface area (Å²) in [5.41, 5.74) is 0.881. The summed E-state index contributed by atoms with van der Waals surface area (Å²) in [6.45, 7) is 0.130. The average molecular weight is 464 g/mol. The Morgan fingerprint density at radius 1 is 0.939 bits per heavy atom. The number of benzene rings is 2. The quantitative estimate of drug-likeness (QED) is 0.407. The van der Waals surface area contributed by atoms with E-state index in [1.165, 1.54) is 17.7 Å². The van der Waals surface area contributed by atoms with Crippen LogP contribution in [0.4, 0.5) is 0 Å². The van der Waals surface area contributed by atoms with Crippen LogP contribution in [0.15, 0.2) is 70.3 Å². The van der Waals surface area contributed by atoms with Gasteiger partial charge in [-0.3, -0.25) is 13.9 Å². The highest BCUT2D eigenvalue weighted by atomic mass is 32.1. The molecule has 0 amide bonds. The zero-order valence-electron chi connectivity index (χ0n) is 17.9. The number of methoxy groups -OCH3 is 1. The van der Waals surface area contributed by atoms with Crippen LogP contribution in [-0.2, 0) is 29.7 Å². The monoisotopic (exact) mass is 464 g/mol. The topological polar surface area (TPSA) is 96.6 Å². The van der Waals surface area contributed by atoms with E-state index in [1.54, 1.807) is 31.3 Å². The third-order valence-corrected chi connectivity index (χ3v) is 6.33. The van der Waals surface area contributed by atoms with Crippen LogP contribution in [0, 0.1) is 0 Å². The normalized spacial score (nSPS) is 10.8. The van der Waals surface area contributed by atoms with Crippen molar-refractivity contribution in [1.82, 2.24) is 9.13 Å². The SMILES string of the molecule is COC(=O)c1ccc(Cn2c(=O)c3cc(C(=O)OCc4ccccc4)sc3n(C)c2=O)cc1. The number of thiophene rings is 1. The van der Waals surface area contributed by atoms with Crippen molar-refractivity contribution in [3.63, 3.8) is 0 Å². The van der Waals surface area contributed by atoms with Crippen molar-refractivity contribution in [1.29, 1.82) is 0 Å². The van der Waals surface area contributed by atoms with Crippen molar-refractivity contribution in [2.24, 2.45) is 7.05 Å². The molecule has 4 rings (SSSR count). The van der Waals surface area contributed by atoms with Gasteiger partial charge < -0.3 is 9.47 Å². The molecule has 0 fully saturated rings. The van der Waals surface area contributed by atoms with E-state index in [-0.39, 0.29) is 23.4 Å². The molecule has 0 saturated carbocycles. The molecule has 0 aliphatic rings. The Hall–Kier alpha value is -3.98. The number of fused-ring (bicyclic) bond motifs is 1. The number of aryl methyl sites for hydroxylation is 1. The zero-order valence-corrected chi connectivity index (χ0v) is 18.8. The molecule has 0 spiro atoms. The highest BCUT2D eigenvalue weighted by Crippen LogP contribution is 2.23. The Bertz CT molecular complexity index is 1450. The van der Waals surface area contributed by atoms with E-state index in [9.17, 15) is 19.2 Å². The lowest BCUT2D eigenvalue weighted by Gasteiger charge is -2.09. The molecular formula is C24H20N2O6S. The summed E-state index contributed by atoms with van der Waals surface area (Å²) >= 11 is 1.04. The van der Waals surface area contributed by atoms with E-state index in [1.807, 2.05) is 30.3 Å². The van der Waals surface area contributed by atoms with Gasteiger partial charge in [-0.25, -0.2) is 14.4 Å². The molecule has 0 aliphatic heterocycles. The number of esters is 2. The van der Waals surface area contributed by atoms with Crippen LogP contribution in [-0.4, -0.2) is 28.2 Å². The van der Waals surface area contributed by atoms with Crippen molar-refractivity contribution < 1.29 is 19.1 Å². The van der Waals surface area contributed by atoms with E-state index in [0.29, 0.717) is 16.0 Å². The van der Waals surface area contributed by atoms with Gasteiger partial charge in [-0.2, -0.15) is 0 Å². The van der Waals surface area contributed by atoms with Crippen LogP contribution < -0.4 is 11.2 Å². The number of carbonyl (C=O) groups excluding carboxylic acids is 2. The Balaban J connectivity index is 1.63. The summed E-state index contributed by atoms with van der Waals surface area (Å²) in [6.07, 6.45) is 0. The maximum Gasteiger partial charge on any atom is 0.348 e. The van der Waals surface area contributed by atoms with Gasteiger partial charge in [0, 0.05) is 7.05 Å². The molecule has 0 bridgehead atoms. The lowest BCUT2D eigenvalue weighted by Crippen LogP contribution is -2.38. The minimum atomic E-state index is -0.558. The minimum Gasteiger partial charge on any atom is -0.465 e. The number of rotatable bonds is 6. The molecule has 2 aromatic carbocycles. The molecule has 8 nitrogen and oxygen atoms in total. The van der Waals surface area contributed by atoms with E-state index < -0.39 is 23.2 Å². The first-order chi connectivity index (χ1) is 15.9. The van der Waals surface area contributed by atoms with Crippen molar-refractivity contribution in [2.45, 2.75) is 13.2 Å². The minimum absolute atomic E-state index is 0.0204.